The Balaban J connectivity index is 1.62. The molecule has 0 radical (unpaired) electrons. The lowest BCUT2D eigenvalue weighted by molar-refractivity contribution is -0.129. The summed E-state index contributed by atoms with van der Waals surface area (Å²) >= 11 is 0. The van der Waals surface area contributed by atoms with Crippen LogP contribution in [0, 0.1) is 6.92 Å². The van der Waals surface area contributed by atoms with E-state index in [0.717, 1.165) is 54.1 Å². The van der Waals surface area contributed by atoms with Crippen molar-refractivity contribution < 1.29 is 18.3 Å². The zero-order chi connectivity index (χ0) is 21.0. The van der Waals surface area contributed by atoms with Gasteiger partial charge < -0.3 is 14.5 Å². The fourth-order valence-electron chi connectivity index (χ4n) is 4.81. The summed E-state index contributed by atoms with van der Waals surface area (Å²) in [5.74, 6) is 0.842. The first-order valence-corrected chi connectivity index (χ1v) is 10.6. The summed E-state index contributed by atoms with van der Waals surface area (Å²) in [4.78, 5) is 16.0. The zero-order valence-corrected chi connectivity index (χ0v) is 17.3. The summed E-state index contributed by atoms with van der Waals surface area (Å²) in [5, 5.41) is 4.96. The van der Waals surface area contributed by atoms with E-state index in [9.17, 15) is 13.6 Å². The number of alkyl halides is 2. The van der Waals surface area contributed by atoms with Crippen molar-refractivity contribution in [2.75, 3.05) is 31.2 Å². The largest absolute Gasteiger partial charge is 0.377 e. The Bertz CT molecular complexity index is 1000. The molecule has 1 aromatic heterocycles. The van der Waals surface area contributed by atoms with Gasteiger partial charge in [0.05, 0.1) is 25.8 Å². The monoisotopic (exact) mass is 416 g/mol. The number of halogens is 2. The number of benzene rings is 1. The van der Waals surface area contributed by atoms with Gasteiger partial charge in [-0.3, -0.25) is 9.48 Å². The highest BCUT2D eigenvalue weighted by molar-refractivity contribution is 5.75. The molecule has 30 heavy (non-hydrogen) atoms. The van der Waals surface area contributed by atoms with E-state index in [-0.39, 0.29) is 17.5 Å². The van der Waals surface area contributed by atoms with Gasteiger partial charge in [-0.1, -0.05) is 6.07 Å². The number of nitrogens with zero attached hydrogens (tertiary/aromatic N) is 4. The minimum atomic E-state index is -2.51. The average Bonchev–Trinajstić information content (AvgIpc) is 3.03. The van der Waals surface area contributed by atoms with E-state index >= 15 is 0 Å². The Hall–Kier alpha value is -2.48. The summed E-state index contributed by atoms with van der Waals surface area (Å²) in [6.45, 7) is 6.51. The van der Waals surface area contributed by atoms with Crippen LogP contribution in [0.2, 0.25) is 0 Å². The summed E-state index contributed by atoms with van der Waals surface area (Å²) < 4.78 is 34.7. The quantitative estimate of drug-likeness (QED) is 0.766. The minimum absolute atomic E-state index is 0.0426. The topological polar surface area (TPSA) is 50.6 Å². The molecule has 0 spiro atoms. The molecule has 0 unspecified atom stereocenters. The molecular formula is C22H26F2N4O2. The molecule has 8 heteroatoms. The summed E-state index contributed by atoms with van der Waals surface area (Å²) in [7, 11) is 0. The highest BCUT2D eigenvalue weighted by atomic mass is 19.3. The van der Waals surface area contributed by atoms with E-state index in [1.807, 2.05) is 11.0 Å². The molecule has 2 aromatic rings. The van der Waals surface area contributed by atoms with E-state index in [1.165, 1.54) is 0 Å². The first-order chi connectivity index (χ1) is 14.4. The van der Waals surface area contributed by atoms with Gasteiger partial charge in [-0.2, -0.15) is 5.10 Å². The van der Waals surface area contributed by atoms with Crippen molar-refractivity contribution in [2.45, 2.75) is 52.1 Å². The zero-order valence-electron chi connectivity index (χ0n) is 17.3. The van der Waals surface area contributed by atoms with Gasteiger partial charge in [0.25, 0.3) is 6.43 Å². The van der Waals surface area contributed by atoms with Gasteiger partial charge in [-0.05, 0) is 37.0 Å². The highest BCUT2D eigenvalue weighted by Crippen LogP contribution is 2.41. The maximum Gasteiger partial charge on any atom is 0.264 e. The number of amides is 1. The lowest BCUT2D eigenvalue weighted by atomic mass is 9.95. The second-order valence-electron chi connectivity index (χ2n) is 8.47. The van der Waals surface area contributed by atoms with Crippen molar-refractivity contribution >= 4 is 17.4 Å². The highest BCUT2D eigenvalue weighted by Gasteiger charge is 2.34. The Morgan fingerprint density at radius 1 is 1.23 bits per heavy atom. The molecular weight excluding hydrogens is 390 g/mol. The van der Waals surface area contributed by atoms with Crippen LogP contribution in [0.4, 0.5) is 20.3 Å². The van der Waals surface area contributed by atoms with Crippen LogP contribution in [0.15, 0.2) is 12.1 Å². The maximum absolute atomic E-state index is 13.6. The van der Waals surface area contributed by atoms with E-state index < -0.39 is 6.43 Å². The van der Waals surface area contributed by atoms with Gasteiger partial charge in [-0.25, -0.2) is 8.78 Å². The van der Waals surface area contributed by atoms with Crippen LogP contribution >= 0.6 is 0 Å². The number of rotatable bonds is 3. The molecule has 160 valence electrons. The lowest BCUT2D eigenvalue weighted by Crippen LogP contribution is -2.37. The molecule has 3 aliphatic rings. The number of hydrogen-bond donors (Lipinski definition) is 0. The van der Waals surface area contributed by atoms with Crippen molar-refractivity contribution in [1.29, 1.82) is 0 Å². The molecule has 1 saturated heterocycles. The summed E-state index contributed by atoms with van der Waals surface area (Å²) in [6.07, 6.45) is 0.0426. The van der Waals surface area contributed by atoms with Gasteiger partial charge >= 0.3 is 0 Å². The number of fused-ring (bicyclic) bond motifs is 2. The van der Waals surface area contributed by atoms with E-state index in [2.05, 4.69) is 9.58 Å². The maximum atomic E-state index is 13.6. The molecule has 1 aromatic carbocycles. The summed E-state index contributed by atoms with van der Waals surface area (Å²) in [5.41, 5.74) is 4.79. The minimum Gasteiger partial charge on any atom is -0.377 e. The molecule has 0 N–H and O–H groups in total. The number of carbonyl (C=O) groups excluding carboxylic acids is 1. The molecule has 4 heterocycles. The molecule has 0 aliphatic carbocycles. The number of carbonyl (C=O) groups is 1. The standard InChI is InChI=1S/C22H26F2N4O2/c1-13-8-15-4-3-6-27(20(15)9-17(13)21(23)24)22-18-10-26(14(2)29)7-5-19(18)28(25-22)16-11-30-12-16/h8-9,16,21H,3-7,10-12H2,1-2H3. The Labute approximate surface area is 174 Å². The van der Waals surface area contributed by atoms with E-state index in [0.29, 0.717) is 31.9 Å². The summed E-state index contributed by atoms with van der Waals surface area (Å²) in [6, 6.07) is 3.74. The Morgan fingerprint density at radius 3 is 2.70 bits per heavy atom. The van der Waals surface area contributed by atoms with Crippen LogP contribution in [0.3, 0.4) is 0 Å². The predicted molar refractivity (Wildman–Crippen MR) is 108 cm³/mol. The van der Waals surface area contributed by atoms with Crippen molar-refractivity contribution in [3.8, 4) is 0 Å². The van der Waals surface area contributed by atoms with Crippen LogP contribution < -0.4 is 4.90 Å². The molecule has 0 bridgehead atoms. The van der Waals surface area contributed by atoms with Crippen LogP contribution in [-0.2, 0) is 28.9 Å². The fourth-order valence-corrected chi connectivity index (χ4v) is 4.81. The predicted octanol–water partition coefficient (Wildman–Crippen LogP) is 3.69. The van der Waals surface area contributed by atoms with Crippen LogP contribution in [0.5, 0.6) is 0 Å². The first-order valence-electron chi connectivity index (χ1n) is 10.6. The second-order valence-corrected chi connectivity index (χ2v) is 8.47. The molecule has 6 nitrogen and oxygen atoms in total. The smallest absolute Gasteiger partial charge is 0.264 e. The van der Waals surface area contributed by atoms with Gasteiger partial charge in [0.2, 0.25) is 5.91 Å². The van der Waals surface area contributed by atoms with E-state index in [1.54, 1.807) is 19.9 Å². The third kappa shape index (κ3) is 3.09. The molecule has 5 rings (SSSR count). The lowest BCUT2D eigenvalue weighted by Gasteiger charge is -2.33. The number of ether oxygens (including phenoxy) is 1. The Morgan fingerprint density at radius 2 is 2.03 bits per heavy atom. The Kier molecular flexibility index (Phi) is 4.76. The van der Waals surface area contributed by atoms with Crippen LogP contribution in [-0.4, -0.2) is 46.9 Å². The molecule has 0 saturated carbocycles. The average molecular weight is 416 g/mol. The van der Waals surface area contributed by atoms with Crippen LogP contribution in [0.1, 0.15) is 53.8 Å². The fraction of sp³-hybridized carbons (Fsp3) is 0.545. The molecule has 1 fully saturated rings. The van der Waals surface area contributed by atoms with Gasteiger partial charge in [0.1, 0.15) is 0 Å². The number of aryl methyl sites for hydroxylation is 2. The van der Waals surface area contributed by atoms with Crippen LogP contribution in [0.25, 0.3) is 0 Å². The van der Waals surface area contributed by atoms with Crippen molar-refractivity contribution in [1.82, 2.24) is 14.7 Å². The van der Waals surface area contributed by atoms with Crippen molar-refractivity contribution in [3.05, 3.63) is 40.1 Å². The van der Waals surface area contributed by atoms with Gasteiger partial charge in [0, 0.05) is 48.9 Å². The van der Waals surface area contributed by atoms with Crippen molar-refractivity contribution in [2.24, 2.45) is 0 Å². The van der Waals surface area contributed by atoms with E-state index in [4.69, 9.17) is 9.84 Å². The number of anilines is 2. The third-order valence-corrected chi connectivity index (χ3v) is 6.55. The second kappa shape index (κ2) is 7.34. The van der Waals surface area contributed by atoms with Crippen molar-refractivity contribution in [3.63, 3.8) is 0 Å². The number of aromatic nitrogens is 2. The third-order valence-electron chi connectivity index (χ3n) is 6.55. The first kappa shape index (κ1) is 19.5. The SMILES string of the molecule is CC(=O)N1CCc2c(c(N3CCCc4cc(C)c(C(F)F)cc43)nn2C2COC2)C1. The molecule has 0 atom stereocenters. The number of hydrogen-bond acceptors (Lipinski definition) is 4. The normalized spacial score (nSPS) is 19.0. The van der Waals surface area contributed by atoms with Gasteiger partial charge in [-0.15, -0.1) is 0 Å². The molecule has 1 amide bonds. The molecule has 3 aliphatic heterocycles. The van der Waals surface area contributed by atoms with Gasteiger partial charge in [0.15, 0.2) is 5.82 Å².